The van der Waals surface area contributed by atoms with E-state index >= 15 is 0 Å². The van der Waals surface area contributed by atoms with Gasteiger partial charge in [0.05, 0.1) is 37.5 Å². The van der Waals surface area contributed by atoms with Crippen LogP contribution in [0.5, 0.6) is 5.75 Å². The molecule has 4 aromatic heterocycles. The number of aromatic amines is 1. The molecule has 0 unspecified atom stereocenters. The van der Waals surface area contributed by atoms with Gasteiger partial charge in [-0.05, 0) is 43.3 Å². The molecule has 0 spiro atoms. The highest BCUT2D eigenvalue weighted by atomic mass is 16.5. The second-order valence-corrected chi connectivity index (χ2v) is 9.11. The summed E-state index contributed by atoms with van der Waals surface area (Å²) in [7, 11) is 1.56. The molecule has 0 saturated heterocycles. The predicted molar refractivity (Wildman–Crippen MR) is 147 cm³/mol. The van der Waals surface area contributed by atoms with Gasteiger partial charge in [0.25, 0.3) is 5.56 Å². The number of hydrogen-bond acceptors (Lipinski definition) is 8. The van der Waals surface area contributed by atoms with Gasteiger partial charge in [-0.15, -0.1) is 0 Å². The maximum absolute atomic E-state index is 13.1. The quantitative estimate of drug-likeness (QED) is 0.314. The van der Waals surface area contributed by atoms with Crippen molar-refractivity contribution in [2.24, 2.45) is 0 Å². The van der Waals surface area contributed by atoms with E-state index in [0.29, 0.717) is 39.4 Å². The molecule has 2 N–H and O–H groups in total. The number of aryl methyl sites for hydroxylation is 1. The number of fused-ring (bicyclic) bond motifs is 2. The highest BCUT2D eigenvalue weighted by Gasteiger charge is 2.23. The Bertz CT molecular complexity index is 1980. The van der Waals surface area contributed by atoms with Crippen LogP contribution in [0.2, 0.25) is 0 Å². The molecule has 0 saturated carbocycles. The van der Waals surface area contributed by atoms with Crippen molar-refractivity contribution in [2.45, 2.75) is 19.9 Å². The van der Waals surface area contributed by atoms with Gasteiger partial charge < -0.3 is 23.9 Å². The average Bonchev–Trinajstić information content (AvgIpc) is 3.55. The number of furan rings is 1. The predicted octanol–water partition coefficient (Wildman–Crippen LogP) is 3.65. The summed E-state index contributed by atoms with van der Waals surface area (Å²) in [6, 6.07) is 17.7. The number of amides is 1. The number of nitrogens with one attached hydrogen (secondary N) is 2. The summed E-state index contributed by atoms with van der Waals surface area (Å²) in [4.78, 5) is 45.7. The van der Waals surface area contributed by atoms with Crippen LogP contribution in [0.25, 0.3) is 39.2 Å². The topological polar surface area (TPSA) is 145 Å². The van der Waals surface area contributed by atoms with E-state index in [1.54, 1.807) is 43.0 Å². The Labute approximate surface area is 226 Å². The molecule has 4 heterocycles. The van der Waals surface area contributed by atoms with Gasteiger partial charge in [0, 0.05) is 11.6 Å². The van der Waals surface area contributed by atoms with Gasteiger partial charge in [0.1, 0.15) is 28.5 Å². The summed E-state index contributed by atoms with van der Waals surface area (Å²) < 4.78 is 18.5. The van der Waals surface area contributed by atoms with Crippen LogP contribution in [0.15, 0.2) is 85.3 Å². The zero-order valence-corrected chi connectivity index (χ0v) is 21.6. The van der Waals surface area contributed by atoms with Gasteiger partial charge >= 0.3 is 0 Å². The SMILES string of the molecule is COc1ccc(-c2oc3c(=O)cc(C)oc3c2CC(=O)NCc2nc3c(cnn3-c3ccccc3)c(=O)[nH]2)cc1. The molecule has 2 aromatic carbocycles. The number of nitrogens with zero attached hydrogens (tertiary/aromatic N) is 3. The van der Waals surface area contributed by atoms with Crippen molar-refractivity contribution in [3.8, 4) is 22.8 Å². The van der Waals surface area contributed by atoms with Crippen molar-refractivity contribution in [1.29, 1.82) is 0 Å². The molecule has 6 rings (SSSR count). The summed E-state index contributed by atoms with van der Waals surface area (Å²) in [5.41, 5.74) is 1.74. The average molecular weight is 538 g/mol. The van der Waals surface area contributed by atoms with Crippen molar-refractivity contribution >= 4 is 28.1 Å². The molecule has 0 radical (unpaired) electrons. The fraction of sp³-hybridized carbons (Fsp3) is 0.138. The van der Waals surface area contributed by atoms with Crippen LogP contribution in [-0.4, -0.2) is 32.8 Å². The van der Waals surface area contributed by atoms with E-state index in [1.807, 2.05) is 30.3 Å². The van der Waals surface area contributed by atoms with Crippen LogP contribution in [0, 0.1) is 6.92 Å². The molecule has 0 atom stereocenters. The first-order chi connectivity index (χ1) is 19.4. The highest BCUT2D eigenvalue weighted by molar-refractivity contribution is 5.90. The van der Waals surface area contributed by atoms with Crippen molar-refractivity contribution in [3.63, 3.8) is 0 Å². The number of hydrogen-bond donors (Lipinski definition) is 2. The van der Waals surface area contributed by atoms with Crippen molar-refractivity contribution in [1.82, 2.24) is 25.1 Å². The zero-order chi connectivity index (χ0) is 27.8. The van der Waals surface area contributed by atoms with E-state index in [1.165, 1.54) is 12.3 Å². The summed E-state index contributed by atoms with van der Waals surface area (Å²) in [6.45, 7) is 1.61. The monoisotopic (exact) mass is 537 g/mol. The van der Waals surface area contributed by atoms with Crippen LogP contribution >= 0.6 is 0 Å². The summed E-state index contributed by atoms with van der Waals surface area (Å²) in [6.07, 6.45) is 1.31. The number of aromatic nitrogens is 4. The molecular weight excluding hydrogens is 514 g/mol. The third-order valence-electron chi connectivity index (χ3n) is 6.41. The molecule has 0 aliphatic heterocycles. The van der Waals surface area contributed by atoms with Crippen LogP contribution < -0.4 is 21.0 Å². The Balaban J connectivity index is 1.30. The Morgan fingerprint density at radius 3 is 2.58 bits per heavy atom. The Hall–Kier alpha value is -5.45. The second-order valence-electron chi connectivity index (χ2n) is 9.11. The van der Waals surface area contributed by atoms with Crippen molar-refractivity contribution < 1.29 is 18.4 Å². The molecule has 6 aromatic rings. The number of para-hydroxylation sites is 1. The number of rotatable bonds is 7. The second kappa shape index (κ2) is 10.0. The molecule has 11 heteroatoms. The summed E-state index contributed by atoms with van der Waals surface area (Å²) >= 11 is 0. The van der Waals surface area contributed by atoms with E-state index in [2.05, 4.69) is 20.4 Å². The molecule has 11 nitrogen and oxygen atoms in total. The lowest BCUT2D eigenvalue weighted by Crippen LogP contribution is -2.27. The number of carbonyl (C=O) groups is 1. The first-order valence-corrected chi connectivity index (χ1v) is 12.4. The van der Waals surface area contributed by atoms with Gasteiger partial charge in [-0.3, -0.25) is 14.4 Å². The van der Waals surface area contributed by atoms with E-state index in [4.69, 9.17) is 13.6 Å². The molecule has 1 amide bonds. The lowest BCUT2D eigenvalue weighted by atomic mass is 10.1. The molecule has 40 heavy (non-hydrogen) atoms. The van der Waals surface area contributed by atoms with Gasteiger partial charge in [-0.25, -0.2) is 9.67 Å². The van der Waals surface area contributed by atoms with Crippen molar-refractivity contribution in [3.05, 3.63) is 105 Å². The lowest BCUT2D eigenvalue weighted by molar-refractivity contribution is -0.120. The van der Waals surface area contributed by atoms with Gasteiger partial charge in [0.15, 0.2) is 11.2 Å². The highest BCUT2D eigenvalue weighted by Crippen LogP contribution is 2.34. The first-order valence-electron chi connectivity index (χ1n) is 12.4. The van der Waals surface area contributed by atoms with E-state index in [9.17, 15) is 14.4 Å². The maximum Gasteiger partial charge on any atom is 0.262 e. The third-order valence-corrected chi connectivity index (χ3v) is 6.41. The minimum atomic E-state index is -0.388. The van der Waals surface area contributed by atoms with E-state index in [-0.39, 0.29) is 46.9 Å². The minimum absolute atomic E-state index is 0.0323. The maximum atomic E-state index is 13.1. The third kappa shape index (κ3) is 4.53. The molecule has 0 bridgehead atoms. The van der Waals surface area contributed by atoms with Crippen LogP contribution in [0.3, 0.4) is 0 Å². The number of carbonyl (C=O) groups excluding carboxylic acids is 1. The fourth-order valence-corrected chi connectivity index (χ4v) is 4.51. The number of benzene rings is 2. The largest absolute Gasteiger partial charge is 0.497 e. The Morgan fingerprint density at radius 2 is 1.82 bits per heavy atom. The Kier molecular flexibility index (Phi) is 6.23. The molecule has 0 aliphatic carbocycles. The van der Waals surface area contributed by atoms with Crippen LogP contribution in [-0.2, 0) is 17.8 Å². The van der Waals surface area contributed by atoms with E-state index in [0.717, 1.165) is 5.69 Å². The van der Waals surface area contributed by atoms with Crippen LogP contribution in [0.4, 0.5) is 0 Å². The van der Waals surface area contributed by atoms with Gasteiger partial charge in [-0.1, -0.05) is 18.2 Å². The number of ether oxygens (including phenoxy) is 1. The number of H-pyrrole nitrogens is 1. The van der Waals surface area contributed by atoms with Crippen molar-refractivity contribution in [2.75, 3.05) is 7.11 Å². The molecule has 0 fully saturated rings. The molecular formula is C29H23N5O6. The summed E-state index contributed by atoms with van der Waals surface area (Å²) in [5, 5.41) is 7.42. The molecule has 0 aliphatic rings. The standard InChI is InChI=1S/C29H23N5O6/c1-16-12-22(35)27-26(39-16)20(25(40-27)17-8-10-19(38-2)11-9-17)13-24(36)30-15-23-32-28-21(29(37)33-23)14-31-34(28)18-6-4-3-5-7-18/h3-12,14H,13,15H2,1-2H3,(H,30,36)(H,32,33,37). The zero-order valence-electron chi connectivity index (χ0n) is 21.6. The smallest absolute Gasteiger partial charge is 0.262 e. The van der Waals surface area contributed by atoms with Gasteiger partial charge in [0.2, 0.25) is 16.9 Å². The first kappa shape index (κ1) is 24.9. The minimum Gasteiger partial charge on any atom is -0.497 e. The lowest BCUT2D eigenvalue weighted by Gasteiger charge is -2.07. The van der Waals surface area contributed by atoms with E-state index < -0.39 is 0 Å². The fourth-order valence-electron chi connectivity index (χ4n) is 4.51. The molecule has 200 valence electrons. The normalized spacial score (nSPS) is 11.2. The van der Waals surface area contributed by atoms with Crippen LogP contribution in [0.1, 0.15) is 17.1 Å². The Morgan fingerprint density at radius 1 is 1.05 bits per heavy atom. The summed E-state index contributed by atoms with van der Waals surface area (Å²) in [5.74, 6) is 1.26. The van der Waals surface area contributed by atoms with Gasteiger partial charge in [-0.2, -0.15) is 5.10 Å². The number of methoxy groups -OCH3 is 1.